The average molecular weight is 402 g/mol. The van der Waals surface area contributed by atoms with Gasteiger partial charge in [-0.15, -0.1) is 22.7 Å². The Kier molecular flexibility index (Phi) is 4.49. The average Bonchev–Trinajstić information content (AvgIpc) is 2.77. The summed E-state index contributed by atoms with van der Waals surface area (Å²) in [5.41, 5.74) is 0. The molecule has 0 bridgehead atoms. The summed E-state index contributed by atoms with van der Waals surface area (Å²) in [6.07, 6.45) is 0. The van der Waals surface area contributed by atoms with Crippen LogP contribution < -0.4 is 5.32 Å². The fourth-order valence-corrected chi connectivity index (χ4v) is 4.91. The Morgan fingerprint density at radius 2 is 2.00 bits per heavy atom. The van der Waals surface area contributed by atoms with Crippen LogP contribution in [0, 0.1) is 0 Å². The van der Waals surface area contributed by atoms with Gasteiger partial charge in [0.15, 0.2) is 0 Å². The lowest BCUT2D eigenvalue weighted by Gasteiger charge is -2.11. The first-order chi connectivity index (χ1) is 7.61. The van der Waals surface area contributed by atoms with Gasteiger partial charge >= 0.3 is 0 Å². The van der Waals surface area contributed by atoms with E-state index in [1.54, 1.807) is 22.7 Å². The SMILES string of the molecule is CNC(c1ccc(Br)s1)c1cc(Br)c(Cl)s1. The Morgan fingerprint density at radius 1 is 1.25 bits per heavy atom. The van der Waals surface area contributed by atoms with Crippen molar-refractivity contribution >= 4 is 66.1 Å². The van der Waals surface area contributed by atoms with E-state index in [4.69, 9.17) is 11.6 Å². The van der Waals surface area contributed by atoms with Gasteiger partial charge in [0, 0.05) is 14.2 Å². The Labute approximate surface area is 124 Å². The maximum atomic E-state index is 6.06. The van der Waals surface area contributed by atoms with Crippen LogP contribution in [0.5, 0.6) is 0 Å². The molecule has 1 N–H and O–H groups in total. The molecule has 2 rings (SSSR count). The zero-order valence-electron chi connectivity index (χ0n) is 8.26. The molecular formula is C10H8Br2ClNS2. The highest BCUT2D eigenvalue weighted by atomic mass is 79.9. The Balaban J connectivity index is 2.36. The van der Waals surface area contributed by atoms with Gasteiger partial charge in [-0.2, -0.15) is 0 Å². The Hall–Kier alpha value is 0.610. The summed E-state index contributed by atoms with van der Waals surface area (Å²) in [6, 6.07) is 6.47. The van der Waals surface area contributed by atoms with Crippen molar-refractivity contribution in [3.63, 3.8) is 0 Å². The second kappa shape index (κ2) is 5.50. The lowest BCUT2D eigenvalue weighted by molar-refractivity contribution is 0.716. The maximum Gasteiger partial charge on any atom is 0.107 e. The third-order valence-corrected chi connectivity index (χ3v) is 6.34. The van der Waals surface area contributed by atoms with Crippen LogP contribution in [-0.2, 0) is 0 Å². The van der Waals surface area contributed by atoms with Crippen LogP contribution >= 0.6 is 66.1 Å². The van der Waals surface area contributed by atoms with E-state index in [0.29, 0.717) is 0 Å². The molecule has 1 unspecified atom stereocenters. The summed E-state index contributed by atoms with van der Waals surface area (Å²) in [6.45, 7) is 0. The third-order valence-electron chi connectivity index (χ3n) is 2.12. The van der Waals surface area contributed by atoms with Crippen LogP contribution in [0.25, 0.3) is 0 Å². The van der Waals surface area contributed by atoms with E-state index < -0.39 is 0 Å². The minimum atomic E-state index is 0.213. The first-order valence-electron chi connectivity index (χ1n) is 4.49. The highest BCUT2D eigenvalue weighted by molar-refractivity contribution is 9.11. The minimum Gasteiger partial charge on any atom is -0.308 e. The molecule has 0 saturated carbocycles. The molecule has 0 spiro atoms. The van der Waals surface area contributed by atoms with Crippen LogP contribution in [0.3, 0.4) is 0 Å². The molecule has 2 heterocycles. The number of nitrogens with one attached hydrogen (secondary N) is 1. The summed E-state index contributed by atoms with van der Waals surface area (Å²) >= 11 is 16.3. The molecule has 2 aromatic heterocycles. The summed E-state index contributed by atoms with van der Waals surface area (Å²) < 4.78 is 2.90. The standard InChI is InChI=1S/C10H8Br2ClNS2/c1-14-9(6-2-3-8(12)15-6)7-4-5(11)10(13)16-7/h2-4,9,14H,1H3. The number of thiophene rings is 2. The highest BCUT2D eigenvalue weighted by Crippen LogP contribution is 2.39. The van der Waals surface area contributed by atoms with Crippen LogP contribution in [0.1, 0.15) is 15.8 Å². The van der Waals surface area contributed by atoms with Gasteiger partial charge < -0.3 is 5.32 Å². The molecule has 86 valence electrons. The van der Waals surface area contributed by atoms with Crippen molar-refractivity contribution in [3.05, 3.63) is 40.5 Å². The molecule has 0 amide bonds. The lowest BCUT2D eigenvalue weighted by Crippen LogP contribution is -2.14. The molecule has 0 fully saturated rings. The molecule has 0 radical (unpaired) electrons. The van der Waals surface area contributed by atoms with Crippen LogP contribution in [0.2, 0.25) is 4.34 Å². The summed E-state index contributed by atoms with van der Waals surface area (Å²) in [4.78, 5) is 2.49. The minimum absolute atomic E-state index is 0.213. The van der Waals surface area contributed by atoms with Gasteiger partial charge in [0.1, 0.15) is 4.34 Å². The van der Waals surface area contributed by atoms with E-state index in [2.05, 4.69) is 55.4 Å². The maximum absolute atomic E-state index is 6.06. The van der Waals surface area contributed by atoms with Gasteiger partial charge in [-0.3, -0.25) is 0 Å². The van der Waals surface area contributed by atoms with Gasteiger partial charge in [-0.25, -0.2) is 0 Å². The zero-order chi connectivity index (χ0) is 11.7. The van der Waals surface area contributed by atoms with Crippen LogP contribution in [-0.4, -0.2) is 7.05 Å². The third kappa shape index (κ3) is 2.71. The zero-order valence-corrected chi connectivity index (χ0v) is 13.8. The molecule has 0 aliphatic rings. The number of rotatable bonds is 3. The molecule has 16 heavy (non-hydrogen) atoms. The van der Waals surface area contributed by atoms with Crippen molar-refractivity contribution in [1.29, 1.82) is 0 Å². The molecule has 0 aromatic carbocycles. The Bertz CT molecular complexity index is 475. The monoisotopic (exact) mass is 399 g/mol. The van der Waals surface area contributed by atoms with Gasteiger partial charge in [-0.1, -0.05) is 11.6 Å². The number of halogens is 3. The van der Waals surface area contributed by atoms with Gasteiger partial charge in [0.05, 0.1) is 9.83 Å². The van der Waals surface area contributed by atoms with Crippen molar-refractivity contribution in [2.45, 2.75) is 6.04 Å². The van der Waals surface area contributed by atoms with Crippen LogP contribution in [0.4, 0.5) is 0 Å². The van der Waals surface area contributed by atoms with E-state index in [0.717, 1.165) is 12.6 Å². The molecule has 0 saturated heterocycles. The van der Waals surface area contributed by atoms with Crippen molar-refractivity contribution in [2.75, 3.05) is 7.05 Å². The van der Waals surface area contributed by atoms with E-state index in [1.807, 2.05) is 7.05 Å². The molecule has 1 atom stereocenters. The molecular weight excluding hydrogens is 394 g/mol. The van der Waals surface area contributed by atoms with Crippen molar-refractivity contribution in [1.82, 2.24) is 5.32 Å². The van der Waals surface area contributed by atoms with Gasteiger partial charge in [0.2, 0.25) is 0 Å². The smallest absolute Gasteiger partial charge is 0.107 e. The normalized spacial score (nSPS) is 13.0. The molecule has 1 nitrogen and oxygen atoms in total. The van der Waals surface area contributed by atoms with Crippen molar-refractivity contribution in [2.24, 2.45) is 0 Å². The first kappa shape index (κ1) is 13.1. The van der Waals surface area contributed by atoms with E-state index in [-0.39, 0.29) is 6.04 Å². The topological polar surface area (TPSA) is 12.0 Å². The van der Waals surface area contributed by atoms with Crippen LogP contribution in [0.15, 0.2) is 26.5 Å². The molecule has 0 aliphatic heterocycles. The molecule has 6 heteroatoms. The van der Waals surface area contributed by atoms with E-state index >= 15 is 0 Å². The Morgan fingerprint density at radius 3 is 2.44 bits per heavy atom. The fraction of sp³-hybridized carbons (Fsp3) is 0.200. The number of hydrogen-bond acceptors (Lipinski definition) is 3. The summed E-state index contributed by atoms with van der Waals surface area (Å²) in [5, 5.41) is 3.31. The largest absolute Gasteiger partial charge is 0.308 e. The molecule has 2 aromatic rings. The fourth-order valence-electron chi connectivity index (χ4n) is 1.41. The van der Waals surface area contributed by atoms with Crippen molar-refractivity contribution in [3.8, 4) is 0 Å². The second-order valence-electron chi connectivity index (χ2n) is 3.13. The van der Waals surface area contributed by atoms with E-state index in [1.165, 1.54) is 9.75 Å². The predicted octanol–water partition coefficient (Wildman–Crippen LogP) is 5.30. The summed E-state index contributed by atoms with van der Waals surface area (Å²) in [7, 11) is 1.96. The second-order valence-corrected chi connectivity index (χ2v) is 8.17. The predicted molar refractivity (Wildman–Crippen MR) is 80.0 cm³/mol. The molecule has 0 aliphatic carbocycles. The van der Waals surface area contributed by atoms with Gasteiger partial charge in [0.25, 0.3) is 0 Å². The van der Waals surface area contributed by atoms with Crippen molar-refractivity contribution < 1.29 is 0 Å². The quantitative estimate of drug-likeness (QED) is 0.736. The summed E-state index contributed by atoms with van der Waals surface area (Å²) in [5.74, 6) is 0. The van der Waals surface area contributed by atoms with E-state index in [9.17, 15) is 0 Å². The lowest BCUT2D eigenvalue weighted by atomic mass is 10.2. The first-order valence-corrected chi connectivity index (χ1v) is 8.08. The van der Waals surface area contributed by atoms with Gasteiger partial charge in [-0.05, 0) is 57.1 Å². The number of hydrogen-bond donors (Lipinski definition) is 1. The highest BCUT2D eigenvalue weighted by Gasteiger charge is 2.17.